The normalized spacial score (nSPS) is 19.6. The minimum Gasteiger partial charge on any atom is -0.395 e. The van der Waals surface area contributed by atoms with Crippen molar-refractivity contribution in [1.29, 1.82) is 0 Å². The summed E-state index contributed by atoms with van der Waals surface area (Å²) in [6.45, 7) is 2.38. The zero-order chi connectivity index (χ0) is 20.4. The molecule has 4 rings (SSSR count). The van der Waals surface area contributed by atoms with E-state index in [4.69, 9.17) is 44.5 Å². The summed E-state index contributed by atoms with van der Waals surface area (Å²) >= 11 is 18.8. The van der Waals surface area contributed by atoms with Gasteiger partial charge in [-0.25, -0.2) is 0 Å². The van der Waals surface area contributed by atoms with Crippen molar-refractivity contribution in [3.05, 3.63) is 62.6 Å². The Morgan fingerprint density at radius 2 is 1.83 bits per heavy atom. The van der Waals surface area contributed by atoms with Gasteiger partial charge < -0.3 is 14.7 Å². The number of β-amino-alcohol motifs (C(OH)–C–C–N with tert-alkyl or cyclic N) is 1. The van der Waals surface area contributed by atoms with Gasteiger partial charge in [-0.05, 0) is 54.7 Å². The van der Waals surface area contributed by atoms with Crippen LogP contribution in [0, 0.1) is 5.41 Å². The first-order valence-electron chi connectivity index (χ1n) is 9.76. The van der Waals surface area contributed by atoms with Gasteiger partial charge in [0.15, 0.2) is 0 Å². The van der Waals surface area contributed by atoms with Crippen LogP contribution in [0.5, 0.6) is 0 Å². The molecule has 154 valence electrons. The first kappa shape index (κ1) is 21.0. The molecule has 1 fully saturated rings. The number of fused-ring (bicyclic) bond motifs is 1. The lowest BCUT2D eigenvalue weighted by Gasteiger charge is -2.47. The molecule has 1 saturated heterocycles. The molecule has 0 radical (unpaired) electrons. The van der Waals surface area contributed by atoms with Crippen LogP contribution < -0.4 is 4.90 Å². The van der Waals surface area contributed by atoms with Gasteiger partial charge in [0.2, 0.25) is 0 Å². The third-order valence-electron chi connectivity index (χ3n) is 5.75. The summed E-state index contributed by atoms with van der Waals surface area (Å²) in [6, 6.07) is 11.6. The molecule has 2 heterocycles. The van der Waals surface area contributed by atoms with Crippen molar-refractivity contribution in [3.8, 4) is 0 Å². The number of halogens is 3. The molecule has 2 aliphatic rings. The molecule has 0 saturated carbocycles. The molecule has 4 nitrogen and oxygen atoms in total. The summed E-state index contributed by atoms with van der Waals surface area (Å²) < 4.78 is 5.66. The fourth-order valence-electron chi connectivity index (χ4n) is 4.36. The van der Waals surface area contributed by atoms with E-state index in [1.54, 1.807) is 0 Å². The van der Waals surface area contributed by atoms with E-state index in [1.807, 2.05) is 36.4 Å². The largest absolute Gasteiger partial charge is 0.395 e. The van der Waals surface area contributed by atoms with Crippen molar-refractivity contribution in [2.45, 2.75) is 25.8 Å². The predicted octanol–water partition coefficient (Wildman–Crippen LogP) is 5.40. The molecule has 0 unspecified atom stereocenters. The summed E-state index contributed by atoms with van der Waals surface area (Å²) in [5.41, 5.74) is 3.01. The molecular formula is C22H23Cl3N2O2. The van der Waals surface area contributed by atoms with Gasteiger partial charge in [0.1, 0.15) is 5.84 Å². The Hall–Kier alpha value is -1.30. The Bertz CT molecular complexity index is 926. The highest BCUT2D eigenvalue weighted by atomic mass is 35.5. The van der Waals surface area contributed by atoms with E-state index in [0.717, 1.165) is 41.9 Å². The van der Waals surface area contributed by atoms with Gasteiger partial charge in [0.25, 0.3) is 0 Å². The molecule has 0 aliphatic carbocycles. The molecule has 0 bridgehead atoms. The first-order valence-corrected chi connectivity index (χ1v) is 10.9. The standard InChI is InChI=1S/C22H23Cl3N2O2/c23-17-3-1-2-15(10-17)14-26-21-22(4-8-29-9-5-22)13-16-11-18(24)19(25)12-20(16)27(21)6-7-28/h1-3,10-12,28H,4-9,13-14H2. The number of aliphatic hydroxyl groups excluding tert-OH is 1. The van der Waals surface area contributed by atoms with Gasteiger partial charge in [0, 0.05) is 35.9 Å². The van der Waals surface area contributed by atoms with Gasteiger partial charge in [-0.1, -0.05) is 46.9 Å². The molecule has 2 aliphatic heterocycles. The SMILES string of the molecule is OCCN1C(=NCc2cccc(Cl)c2)C2(CCOCC2)Cc2cc(Cl)c(Cl)cc21. The van der Waals surface area contributed by atoms with E-state index >= 15 is 0 Å². The zero-order valence-corrected chi connectivity index (χ0v) is 18.3. The smallest absolute Gasteiger partial charge is 0.111 e. The molecule has 7 heteroatoms. The lowest BCUT2D eigenvalue weighted by atomic mass is 9.71. The number of benzene rings is 2. The maximum atomic E-state index is 9.80. The molecule has 0 atom stereocenters. The Morgan fingerprint density at radius 3 is 2.55 bits per heavy atom. The molecule has 29 heavy (non-hydrogen) atoms. The van der Waals surface area contributed by atoms with Crippen molar-refractivity contribution in [2.24, 2.45) is 10.4 Å². The van der Waals surface area contributed by atoms with Crippen molar-refractivity contribution in [1.82, 2.24) is 0 Å². The van der Waals surface area contributed by atoms with Crippen LogP contribution >= 0.6 is 34.8 Å². The van der Waals surface area contributed by atoms with Crippen LogP contribution in [0.1, 0.15) is 24.0 Å². The number of anilines is 1. The van der Waals surface area contributed by atoms with Crippen molar-refractivity contribution < 1.29 is 9.84 Å². The van der Waals surface area contributed by atoms with E-state index in [2.05, 4.69) is 4.90 Å². The number of aliphatic hydroxyl groups is 1. The van der Waals surface area contributed by atoms with Gasteiger partial charge in [0.05, 0.1) is 23.2 Å². The second kappa shape index (κ2) is 8.83. The van der Waals surface area contributed by atoms with E-state index in [1.165, 1.54) is 0 Å². The number of ether oxygens (including phenoxy) is 1. The topological polar surface area (TPSA) is 45.1 Å². The number of nitrogens with zero attached hydrogens (tertiary/aromatic N) is 2. The van der Waals surface area contributed by atoms with Crippen LogP contribution in [0.25, 0.3) is 0 Å². The first-order chi connectivity index (χ1) is 14.0. The summed E-state index contributed by atoms with van der Waals surface area (Å²) in [7, 11) is 0. The molecule has 0 amide bonds. The number of rotatable bonds is 4. The highest BCUT2D eigenvalue weighted by Gasteiger charge is 2.45. The summed E-state index contributed by atoms with van der Waals surface area (Å²) in [5, 5.41) is 11.6. The van der Waals surface area contributed by atoms with Crippen molar-refractivity contribution in [2.75, 3.05) is 31.3 Å². The third kappa shape index (κ3) is 4.28. The summed E-state index contributed by atoms with van der Waals surface area (Å²) in [5.74, 6) is 0.987. The Morgan fingerprint density at radius 1 is 1.07 bits per heavy atom. The number of amidine groups is 1. The average molecular weight is 454 g/mol. The average Bonchev–Trinajstić information content (AvgIpc) is 2.70. The van der Waals surface area contributed by atoms with E-state index in [9.17, 15) is 5.11 Å². The fraction of sp³-hybridized carbons (Fsp3) is 0.409. The van der Waals surface area contributed by atoms with Crippen LogP contribution in [0.3, 0.4) is 0 Å². The second-order valence-corrected chi connectivity index (χ2v) is 8.86. The van der Waals surface area contributed by atoms with E-state index in [-0.39, 0.29) is 12.0 Å². The highest BCUT2D eigenvalue weighted by molar-refractivity contribution is 6.42. The minimum absolute atomic E-state index is 0.0163. The van der Waals surface area contributed by atoms with Gasteiger partial charge in [-0.15, -0.1) is 0 Å². The van der Waals surface area contributed by atoms with Crippen LogP contribution in [-0.2, 0) is 17.7 Å². The summed E-state index contributed by atoms with van der Waals surface area (Å²) in [4.78, 5) is 7.17. The fourth-order valence-corrected chi connectivity index (χ4v) is 4.91. The number of aliphatic imine (C=N–C) groups is 1. The van der Waals surface area contributed by atoms with Crippen LogP contribution in [0.2, 0.25) is 15.1 Å². The van der Waals surface area contributed by atoms with E-state index < -0.39 is 0 Å². The highest BCUT2D eigenvalue weighted by Crippen LogP contribution is 2.46. The van der Waals surface area contributed by atoms with E-state index in [0.29, 0.717) is 41.4 Å². The third-order valence-corrected chi connectivity index (χ3v) is 6.70. The maximum Gasteiger partial charge on any atom is 0.111 e. The van der Waals surface area contributed by atoms with Crippen molar-refractivity contribution >= 4 is 46.3 Å². The van der Waals surface area contributed by atoms with Crippen LogP contribution in [0.15, 0.2) is 41.4 Å². The molecule has 0 aromatic heterocycles. The minimum atomic E-state index is -0.143. The monoisotopic (exact) mass is 452 g/mol. The molecule has 2 aromatic rings. The molecular weight excluding hydrogens is 431 g/mol. The number of hydrogen-bond donors (Lipinski definition) is 1. The van der Waals surface area contributed by atoms with Crippen LogP contribution in [-0.4, -0.2) is 37.3 Å². The summed E-state index contributed by atoms with van der Waals surface area (Å²) in [6.07, 6.45) is 2.59. The number of hydrogen-bond acceptors (Lipinski definition) is 3. The Kier molecular flexibility index (Phi) is 6.38. The maximum absolute atomic E-state index is 9.80. The Balaban J connectivity index is 1.80. The van der Waals surface area contributed by atoms with Crippen LogP contribution in [0.4, 0.5) is 5.69 Å². The van der Waals surface area contributed by atoms with Gasteiger partial charge in [-0.3, -0.25) is 4.99 Å². The molecule has 1 N–H and O–H groups in total. The van der Waals surface area contributed by atoms with Crippen molar-refractivity contribution in [3.63, 3.8) is 0 Å². The molecule has 2 aromatic carbocycles. The zero-order valence-electron chi connectivity index (χ0n) is 16.0. The predicted molar refractivity (Wildman–Crippen MR) is 120 cm³/mol. The quantitative estimate of drug-likeness (QED) is 0.674. The lowest BCUT2D eigenvalue weighted by Crippen LogP contribution is -2.52. The van der Waals surface area contributed by atoms with Gasteiger partial charge in [-0.2, -0.15) is 0 Å². The van der Waals surface area contributed by atoms with Gasteiger partial charge >= 0.3 is 0 Å². The lowest BCUT2D eigenvalue weighted by molar-refractivity contribution is 0.0439. The molecule has 1 spiro atoms. The Labute approximate surface area is 186 Å². The second-order valence-electron chi connectivity index (χ2n) is 7.61.